The maximum Gasteiger partial charge on any atom is 0.257 e. The Bertz CT molecular complexity index is 1060. The summed E-state index contributed by atoms with van der Waals surface area (Å²) in [5.74, 6) is -0.521. The van der Waals surface area contributed by atoms with Gasteiger partial charge in [-0.15, -0.1) is 11.3 Å². The van der Waals surface area contributed by atoms with Gasteiger partial charge in [0.15, 0.2) is 5.13 Å². The molecular weight excluding hydrogens is 382 g/mol. The van der Waals surface area contributed by atoms with Gasteiger partial charge >= 0.3 is 0 Å². The minimum Gasteiger partial charge on any atom is -0.326 e. The highest BCUT2D eigenvalue weighted by Gasteiger charge is 2.30. The number of anilines is 2. The van der Waals surface area contributed by atoms with E-state index < -0.39 is 0 Å². The van der Waals surface area contributed by atoms with Crippen molar-refractivity contribution in [2.24, 2.45) is 0 Å². The number of amides is 2. The smallest absolute Gasteiger partial charge is 0.257 e. The number of nitrogens with one attached hydrogen (secondary N) is 2. The van der Waals surface area contributed by atoms with Crippen LogP contribution >= 0.6 is 11.3 Å². The van der Waals surface area contributed by atoms with E-state index in [4.69, 9.17) is 0 Å². The molecule has 4 rings (SSSR count). The van der Waals surface area contributed by atoms with Crippen LogP contribution in [0.2, 0.25) is 0 Å². The Balaban J connectivity index is 1.51. The molecular formula is C23H23N3O2S. The summed E-state index contributed by atoms with van der Waals surface area (Å²) in [6, 6.07) is 15.0. The molecule has 0 bridgehead atoms. The predicted molar refractivity (Wildman–Crippen MR) is 117 cm³/mol. The zero-order valence-electron chi connectivity index (χ0n) is 16.5. The fourth-order valence-corrected chi connectivity index (χ4v) is 4.59. The lowest BCUT2D eigenvalue weighted by Gasteiger charge is -2.20. The highest BCUT2D eigenvalue weighted by Crippen LogP contribution is 2.37. The number of aromatic nitrogens is 1. The van der Waals surface area contributed by atoms with Crippen LogP contribution in [0.5, 0.6) is 0 Å². The number of carbonyl (C=O) groups is 2. The first-order chi connectivity index (χ1) is 14.0. The van der Waals surface area contributed by atoms with E-state index >= 15 is 0 Å². The molecule has 0 aliphatic heterocycles. The van der Waals surface area contributed by atoms with E-state index in [1.54, 1.807) is 12.1 Å². The van der Waals surface area contributed by atoms with Crippen molar-refractivity contribution in [3.63, 3.8) is 0 Å². The van der Waals surface area contributed by atoms with E-state index in [0.29, 0.717) is 10.7 Å². The first-order valence-electron chi connectivity index (χ1n) is 9.75. The maximum atomic E-state index is 12.9. The number of carbonyl (C=O) groups excluding carboxylic acids is 2. The Morgan fingerprint density at radius 3 is 2.59 bits per heavy atom. The van der Waals surface area contributed by atoms with Crippen molar-refractivity contribution in [3.05, 3.63) is 75.8 Å². The standard InChI is InChI=1S/C23H23N3O2S/c1-14-11-12-17(13-15(14)2)24-22(28)18-9-6-10-19-20(18)25-23(29-19)26-21(27)16-7-4-3-5-8-16/h3-5,7-8,11-13,18H,6,9-10H2,1-2H3,(H,24,28)(H,25,26,27). The van der Waals surface area contributed by atoms with E-state index in [1.807, 2.05) is 43.3 Å². The summed E-state index contributed by atoms with van der Waals surface area (Å²) in [6.45, 7) is 4.08. The molecule has 1 aliphatic rings. The quantitative estimate of drug-likeness (QED) is 0.636. The molecule has 148 valence electrons. The number of aryl methyl sites for hydroxylation is 3. The fourth-order valence-electron chi connectivity index (χ4n) is 3.53. The number of nitrogens with zero attached hydrogens (tertiary/aromatic N) is 1. The molecule has 0 radical (unpaired) electrons. The van der Waals surface area contributed by atoms with Crippen molar-refractivity contribution in [3.8, 4) is 0 Å². The molecule has 1 aliphatic carbocycles. The van der Waals surface area contributed by atoms with Crippen molar-refractivity contribution >= 4 is 34.0 Å². The zero-order valence-corrected chi connectivity index (χ0v) is 17.3. The lowest BCUT2D eigenvalue weighted by molar-refractivity contribution is -0.117. The Labute approximate surface area is 174 Å². The second kappa shape index (κ2) is 8.17. The van der Waals surface area contributed by atoms with Crippen LogP contribution in [0, 0.1) is 13.8 Å². The van der Waals surface area contributed by atoms with Crippen LogP contribution in [-0.4, -0.2) is 16.8 Å². The third-order valence-corrected chi connectivity index (χ3v) is 6.35. The Kier molecular flexibility index (Phi) is 5.45. The highest BCUT2D eigenvalue weighted by atomic mass is 32.1. The fraction of sp³-hybridized carbons (Fsp3) is 0.261. The molecule has 29 heavy (non-hydrogen) atoms. The molecule has 0 saturated carbocycles. The van der Waals surface area contributed by atoms with Crippen molar-refractivity contribution < 1.29 is 9.59 Å². The predicted octanol–water partition coefficient (Wildman–Crippen LogP) is 5.07. The van der Waals surface area contributed by atoms with Gasteiger partial charge in [0.1, 0.15) is 0 Å². The first-order valence-corrected chi connectivity index (χ1v) is 10.6. The van der Waals surface area contributed by atoms with Crippen LogP contribution in [0.3, 0.4) is 0 Å². The number of hydrogen-bond donors (Lipinski definition) is 2. The minimum absolute atomic E-state index is 0.0413. The van der Waals surface area contributed by atoms with Crippen LogP contribution in [0.15, 0.2) is 48.5 Å². The van der Waals surface area contributed by atoms with Crippen molar-refractivity contribution in [1.82, 2.24) is 4.98 Å². The van der Waals surface area contributed by atoms with Gasteiger partial charge in [0, 0.05) is 16.1 Å². The molecule has 1 unspecified atom stereocenters. The lowest BCUT2D eigenvalue weighted by atomic mass is 9.90. The molecule has 2 N–H and O–H groups in total. The number of hydrogen-bond acceptors (Lipinski definition) is 4. The van der Waals surface area contributed by atoms with Gasteiger partial charge in [0.05, 0.1) is 11.6 Å². The Morgan fingerprint density at radius 1 is 1.03 bits per heavy atom. The maximum absolute atomic E-state index is 12.9. The minimum atomic E-state index is -0.293. The molecule has 3 aromatic rings. The van der Waals surface area contributed by atoms with E-state index in [0.717, 1.165) is 41.1 Å². The zero-order chi connectivity index (χ0) is 20.4. The SMILES string of the molecule is Cc1ccc(NC(=O)C2CCCc3sc(NC(=O)c4ccccc4)nc32)cc1C. The monoisotopic (exact) mass is 405 g/mol. The lowest BCUT2D eigenvalue weighted by Crippen LogP contribution is -2.24. The number of fused-ring (bicyclic) bond motifs is 1. The molecule has 2 aromatic carbocycles. The molecule has 1 atom stereocenters. The van der Waals surface area contributed by atoms with Crippen LogP contribution in [0.1, 0.15) is 50.8 Å². The van der Waals surface area contributed by atoms with Gasteiger partial charge in [0.25, 0.3) is 5.91 Å². The second-order valence-electron chi connectivity index (χ2n) is 7.38. The molecule has 0 saturated heterocycles. The highest BCUT2D eigenvalue weighted by molar-refractivity contribution is 7.16. The van der Waals surface area contributed by atoms with E-state index in [1.165, 1.54) is 16.9 Å². The number of benzene rings is 2. The van der Waals surface area contributed by atoms with Crippen LogP contribution in [0.4, 0.5) is 10.8 Å². The third-order valence-electron chi connectivity index (χ3n) is 5.30. The largest absolute Gasteiger partial charge is 0.326 e. The van der Waals surface area contributed by atoms with Crippen molar-refractivity contribution in [2.75, 3.05) is 10.6 Å². The van der Waals surface area contributed by atoms with Gasteiger partial charge in [-0.1, -0.05) is 24.3 Å². The average Bonchev–Trinajstić information content (AvgIpc) is 3.13. The summed E-state index contributed by atoms with van der Waals surface area (Å²) in [5, 5.41) is 6.46. The van der Waals surface area contributed by atoms with Crippen LogP contribution in [0.25, 0.3) is 0 Å². The van der Waals surface area contributed by atoms with Gasteiger partial charge in [-0.25, -0.2) is 4.98 Å². The summed E-state index contributed by atoms with van der Waals surface area (Å²) >= 11 is 1.47. The Hall–Kier alpha value is -2.99. The van der Waals surface area contributed by atoms with Crippen molar-refractivity contribution in [2.45, 2.75) is 39.0 Å². The number of thiazole rings is 1. The Morgan fingerprint density at radius 2 is 1.83 bits per heavy atom. The van der Waals surface area contributed by atoms with Crippen LogP contribution in [-0.2, 0) is 11.2 Å². The number of rotatable bonds is 4. The molecule has 0 fully saturated rings. The summed E-state index contributed by atoms with van der Waals surface area (Å²) in [7, 11) is 0. The molecule has 0 spiro atoms. The van der Waals surface area contributed by atoms with Gasteiger partial charge in [-0.05, 0) is 68.5 Å². The van der Waals surface area contributed by atoms with Gasteiger partial charge in [-0.3, -0.25) is 14.9 Å². The normalized spacial score (nSPS) is 15.4. The summed E-state index contributed by atoms with van der Waals surface area (Å²) in [6.07, 6.45) is 2.59. The summed E-state index contributed by atoms with van der Waals surface area (Å²) in [5.41, 5.74) is 4.53. The third kappa shape index (κ3) is 4.22. The molecule has 5 nitrogen and oxygen atoms in total. The van der Waals surface area contributed by atoms with Gasteiger partial charge in [-0.2, -0.15) is 0 Å². The molecule has 6 heteroatoms. The van der Waals surface area contributed by atoms with E-state index in [2.05, 4.69) is 22.5 Å². The summed E-state index contributed by atoms with van der Waals surface area (Å²) < 4.78 is 0. The summed E-state index contributed by atoms with van der Waals surface area (Å²) in [4.78, 5) is 31.1. The first kappa shape index (κ1) is 19.3. The average molecular weight is 406 g/mol. The topological polar surface area (TPSA) is 71.1 Å². The van der Waals surface area contributed by atoms with Crippen LogP contribution < -0.4 is 10.6 Å². The van der Waals surface area contributed by atoms with Crippen molar-refractivity contribution in [1.29, 1.82) is 0 Å². The van der Waals surface area contributed by atoms with E-state index in [9.17, 15) is 9.59 Å². The molecule has 1 aromatic heterocycles. The second-order valence-corrected chi connectivity index (χ2v) is 8.46. The van der Waals surface area contributed by atoms with E-state index in [-0.39, 0.29) is 17.7 Å². The van der Waals surface area contributed by atoms with Gasteiger partial charge in [0.2, 0.25) is 5.91 Å². The van der Waals surface area contributed by atoms with Gasteiger partial charge < -0.3 is 5.32 Å². The molecule has 1 heterocycles. The molecule has 2 amide bonds.